The van der Waals surface area contributed by atoms with Crippen LogP contribution in [0.4, 0.5) is 0 Å². The summed E-state index contributed by atoms with van der Waals surface area (Å²) in [4.78, 5) is 4.50. The van der Waals surface area contributed by atoms with Crippen LogP contribution in [0.25, 0.3) is 10.9 Å². The van der Waals surface area contributed by atoms with E-state index >= 15 is 0 Å². The second-order valence-electron chi connectivity index (χ2n) is 6.09. The largest absolute Gasteiger partial charge is 0.313 e. The lowest BCUT2D eigenvalue weighted by Gasteiger charge is -2.18. The van der Waals surface area contributed by atoms with Crippen molar-refractivity contribution in [2.24, 2.45) is 5.41 Å². The van der Waals surface area contributed by atoms with Crippen LogP contribution in [-0.2, 0) is 6.54 Å². The summed E-state index contributed by atoms with van der Waals surface area (Å²) >= 11 is 3.58. The third kappa shape index (κ3) is 4.02. The van der Waals surface area contributed by atoms with Crippen molar-refractivity contribution in [1.29, 1.82) is 0 Å². The minimum absolute atomic E-state index is 0.382. The van der Waals surface area contributed by atoms with E-state index in [-0.39, 0.29) is 0 Å². The number of nitrogens with zero attached hydrogens (tertiary/aromatic N) is 1. The highest BCUT2D eigenvalue weighted by Gasteiger charge is 2.09. The van der Waals surface area contributed by atoms with Crippen molar-refractivity contribution in [2.75, 3.05) is 6.54 Å². The quantitative estimate of drug-likeness (QED) is 0.837. The van der Waals surface area contributed by atoms with Crippen molar-refractivity contribution in [3.63, 3.8) is 0 Å². The maximum atomic E-state index is 4.50. The van der Waals surface area contributed by atoms with Crippen molar-refractivity contribution in [1.82, 2.24) is 10.3 Å². The first-order valence-corrected chi connectivity index (χ1v) is 7.49. The summed E-state index contributed by atoms with van der Waals surface area (Å²) < 4.78 is 1.11. The van der Waals surface area contributed by atoms with E-state index in [1.807, 2.05) is 12.3 Å². The van der Waals surface area contributed by atoms with Gasteiger partial charge in [-0.05, 0) is 36.1 Å². The zero-order valence-corrected chi connectivity index (χ0v) is 13.4. The number of rotatable bonds is 4. The molecule has 2 rings (SSSR count). The number of benzene rings is 1. The van der Waals surface area contributed by atoms with Crippen LogP contribution < -0.4 is 5.32 Å². The van der Waals surface area contributed by atoms with Gasteiger partial charge in [-0.1, -0.05) is 48.8 Å². The summed E-state index contributed by atoms with van der Waals surface area (Å²) in [6, 6.07) is 8.32. The van der Waals surface area contributed by atoms with Crippen LogP contribution >= 0.6 is 15.9 Å². The summed E-state index contributed by atoms with van der Waals surface area (Å²) in [5.41, 5.74) is 2.72. The van der Waals surface area contributed by atoms with Crippen molar-refractivity contribution in [2.45, 2.75) is 33.7 Å². The maximum Gasteiger partial charge on any atom is 0.0758 e. The van der Waals surface area contributed by atoms with Crippen LogP contribution in [0.3, 0.4) is 0 Å². The molecule has 0 fully saturated rings. The molecular formula is C16H21BrN2. The van der Waals surface area contributed by atoms with Gasteiger partial charge in [-0.15, -0.1) is 0 Å². The smallest absolute Gasteiger partial charge is 0.0758 e. The second-order valence-corrected chi connectivity index (χ2v) is 6.95. The molecule has 0 unspecified atom stereocenters. The monoisotopic (exact) mass is 320 g/mol. The van der Waals surface area contributed by atoms with Gasteiger partial charge < -0.3 is 5.32 Å². The first-order chi connectivity index (χ1) is 8.97. The molecule has 0 bridgehead atoms. The fraction of sp³-hybridized carbons (Fsp3) is 0.438. The average Bonchev–Trinajstić information content (AvgIpc) is 2.36. The lowest BCUT2D eigenvalue weighted by atomic mass is 9.92. The summed E-state index contributed by atoms with van der Waals surface area (Å²) in [5.74, 6) is 0. The van der Waals surface area contributed by atoms with Crippen LogP contribution in [0.2, 0.25) is 0 Å². The molecule has 1 N–H and O–H groups in total. The van der Waals surface area contributed by atoms with Crippen molar-refractivity contribution in [3.05, 3.63) is 40.5 Å². The summed E-state index contributed by atoms with van der Waals surface area (Å²) in [6.07, 6.45) is 3.03. The minimum atomic E-state index is 0.382. The fourth-order valence-electron chi connectivity index (χ4n) is 2.03. The zero-order valence-electron chi connectivity index (χ0n) is 11.8. The predicted molar refractivity (Wildman–Crippen MR) is 85.2 cm³/mol. The number of halogens is 1. The molecule has 0 saturated heterocycles. The van der Waals surface area contributed by atoms with E-state index in [0.717, 1.165) is 23.1 Å². The Labute approximate surface area is 123 Å². The normalized spacial score (nSPS) is 12.0. The summed E-state index contributed by atoms with van der Waals surface area (Å²) in [5, 5.41) is 4.69. The Kier molecular flexibility index (Phi) is 4.58. The molecule has 0 aliphatic rings. The van der Waals surface area contributed by atoms with E-state index in [9.17, 15) is 0 Å². The molecule has 0 radical (unpaired) electrons. The Morgan fingerprint density at radius 3 is 2.74 bits per heavy atom. The number of aromatic nitrogens is 1. The van der Waals surface area contributed by atoms with E-state index in [4.69, 9.17) is 0 Å². The van der Waals surface area contributed by atoms with Gasteiger partial charge in [0.15, 0.2) is 0 Å². The van der Waals surface area contributed by atoms with Crippen molar-refractivity contribution < 1.29 is 0 Å². The van der Waals surface area contributed by atoms with Gasteiger partial charge in [-0.2, -0.15) is 0 Å². The van der Waals surface area contributed by atoms with E-state index in [1.54, 1.807) is 0 Å². The highest BCUT2D eigenvalue weighted by Crippen LogP contribution is 2.25. The molecule has 0 atom stereocenters. The highest BCUT2D eigenvalue weighted by molar-refractivity contribution is 9.10. The predicted octanol–water partition coefficient (Wildman–Crippen LogP) is 4.52. The fourth-order valence-corrected chi connectivity index (χ4v) is 2.48. The Morgan fingerprint density at radius 1 is 1.21 bits per heavy atom. The molecule has 0 saturated carbocycles. The van der Waals surface area contributed by atoms with Gasteiger partial charge >= 0.3 is 0 Å². The van der Waals surface area contributed by atoms with Gasteiger partial charge in [0.05, 0.1) is 5.52 Å². The van der Waals surface area contributed by atoms with Crippen LogP contribution in [-0.4, -0.2) is 11.5 Å². The number of pyridine rings is 1. The minimum Gasteiger partial charge on any atom is -0.313 e. The first-order valence-electron chi connectivity index (χ1n) is 6.70. The van der Waals surface area contributed by atoms with E-state index in [2.05, 4.69) is 65.2 Å². The standard InChI is InChI=1S/C16H21BrN2/c1-16(2,3)8-10-18-11-12-6-7-14(17)13-5-4-9-19-15(12)13/h4-7,9,18H,8,10-11H2,1-3H3. The maximum absolute atomic E-state index is 4.50. The molecule has 19 heavy (non-hydrogen) atoms. The molecule has 0 spiro atoms. The Balaban J connectivity index is 2.07. The molecular weight excluding hydrogens is 300 g/mol. The molecule has 2 nitrogen and oxygen atoms in total. The summed E-state index contributed by atoms with van der Waals surface area (Å²) in [6.45, 7) is 8.71. The molecule has 1 aromatic carbocycles. The van der Waals surface area contributed by atoms with Crippen LogP contribution in [0.5, 0.6) is 0 Å². The van der Waals surface area contributed by atoms with Gasteiger partial charge in [-0.3, -0.25) is 4.98 Å². The van der Waals surface area contributed by atoms with Gasteiger partial charge in [-0.25, -0.2) is 0 Å². The van der Waals surface area contributed by atoms with E-state index in [1.165, 1.54) is 17.4 Å². The summed E-state index contributed by atoms with van der Waals surface area (Å²) in [7, 11) is 0. The van der Waals surface area contributed by atoms with Gasteiger partial charge in [0.1, 0.15) is 0 Å². The topological polar surface area (TPSA) is 24.9 Å². The van der Waals surface area contributed by atoms with Crippen LogP contribution in [0, 0.1) is 5.41 Å². The van der Waals surface area contributed by atoms with Gasteiger partial charge in [0, 0.05) is 22.6 Å². The number of nitrogens with one attached hydrogen (secondary N) is 1. The van der Waals surface area contributed by atoms with Crippen LogP contribution in [0.15, 0.2) is 34.9 Å². The lowest BCUT2D eigenvalue weighted by molar-refractivity contribution is 0.367. The van der Waals surface area contributed by atoms with Crippen molar-refractivity contribution in [3.8, 4) is 0 Å². The molecule has 3 heteroatoms. The third-order valence-corrected chi connectivity index (χ3v) is 3.86. The van der Waals surface area contributed by atoms with Crippen LogP contribution in [0.1, 0.15) is 32.8 Å². The Bertz CT molecular complexity index is 558. The third-order valence-electron chi connectivity index (χ3n) is 3.17. The average molecular weight is 321 g/mol. The molecule has 1 heterocycles. The molecule has 0 aliphatic carbocycles. The number of hydrogen-bond donors (Lipinski definition) is 1. The van der Waals surface area contributed by atoms with Crippen molar-refractivity contribution >= 4 is 26.8 Å². The SMILES string of the molecule is CC(C)(C)CCNCc1ccc(Br)c2cccnc12. The van der Waals surface area contributed by atoms with E-state index < -0.39 is 0 Å². The molecule has 0 aliphatic heterocycles. The van der Waals surface area contributed by atoms with Gasteiger partial charge in [0.2, 0.25) is 0 Å². The lowest BCUT2D eigenvalue weighted by Crippen LogP contribution is -2.20. The number of fused-ring (bicyclic) bond motifs is 1. The Morgan fingerprint density at radius 2 is 2.00 bits per heavy atom. The molecule has 2 aromatic rings. The Hall–Kier alpha value is -0.930. The number of hydrogen-bond acceptors (Lipinski definition) is 2. The zero-order chi connectivity index (χ0) is 13.9. The van der Waals surface area contributed by atoms with Gasteiger partial charge in [0.25, 0.3) is 0 Å². The molecule has 102 valence electrons. The first kappa shape index (κ1) is 14.5. The molecule has 0 amide bonds. The second kappa shape index (κ2) is 6.02. The molecule has 1 aromatic heterocycles. The van der Waals surface area contributed by atoms with E-state index in [0.29, 0.717) is 5.41 Å². The highest BCUT2D eigenvalue weighted by atomic mass is 79.9.